The highest BCUT2D eigenvalue weighted by atomic mass is 79.9. The molecular formula is C23H17Br2F2NO. The summed E-state index contributed by atoms with van der Waals surface area (Å²) in [6.07, 6.45) is 0.412. The zero-order chi connectivity index (χ0) is 20.8. The fourth-order valence-electron chi connectivity index (χ4n) is 3.50. The predicted octanol–water partition coefficient (Wildman–Crippen LogP) is 7.26. The number of amides is 1. The van der Waals surface area contributed by atoms with Gasteiger partial charge in [0.1, 0.15) is 11.5 Å². The molecule has 0 aromatic heterocycles. The molecule has 1 fully saturated rings. The first-order valence-corrected chi connectivity index (χ1v) is 10.7. The maximum atomic E-state index is 15.4. The summed E-state index contributed by atoms with van der Waals surface area (Å²) < 4.78 is 30.9. The van der Waals surface area contributed by atoms with Gasteiger partial charge in [-0.05, 0) is 92.7 Å². The van der Waals surface area contributed by atoms with Gasteiger partial charge in [0.25, 0.3) is 5.91 Å². The number of carbonyl (C=O) groups excluding carboxylic acids is 1. The summed E-state index contributed by atoms with van der Waals surface area (Å²) in [6.45, 7) is 1.61. The highest BCUT2D eigenvalue weighted by molar-refractivity contribution is 9.13. The molecule has 148 valence electrons. The molecule has 3 aromatic carbocycles. The van der Waals surface area contributed by atoms with Crippen LogP contribution in [0.25, 0.3) is 0 Å². The van der Waals surface area contributed by atoms with E-state index in [9.17, 15) is 9.18 Å². The Kier molecular flexibility index (Phi) is 5.34. The van der Waals surface area contributed by atoms with Crippen LogP contribution >= 0.6 is 31.9 Å². The molecule has 4 rings (SSSR count). The van der Waals surface area contributed by atoms with Crippen molar-refractivity contribution in [3.8, 4) is 0 Å². The topological polar surface area (TPSA) is 29.1 Å². The third-order valence-corrected chi connectivity index (χ3v) is 7.26. The smallest absolute Gasteiger partial charge is 0.255 e. The summed E-state index contributed by atoms with van der Waals surface area (Å²) in [5.74, 6) is -0.944. The lowest BCUT2D eigenvalue weighted by molar-refractivity contribution is 0.102. The molecule has 2 atom stereocenters. The summed E-state index contributed by atoms with van der Waals surface area (Å²) in [7, 11) is 0. The van der Waals surface area contributed by atoms with Crippen molar-refractivity contribution in [2.75, 3.05) is 5.32 Å². The molecule has 0 saturated heterocycles. The van der Waals surface area contributed by atoms with E-state index < -0.39 is 5.67 Å². The quantitative estimate of drug-likeness (QED) is 0.385. The monoisotopic (exact) mass is 519 g/mol. The summed E-state index contributed by atoms with van der Waals surface area (Å²) in [5, 5.41) is 2.70. The number of anilines is 1. The largest absolute Gasteiger partial charge is 0.322 e. The number of hydrogen-bond acceptors (Lipinski definition) is 1. The van der Waals surface area contributed by atoms with Crippen molar-refractivity contribution in [1.29, 1.82) is 0 Å². The molecule has 0 radical (unpaired) electrons. The third kappa shape index (κ3) is 3.88. The van der Waals surface area contributed by atoms with E-state index in [0.717, 1.165) is 14.5 Å². The molecule has 29 heavy (non-hydrogen) atoms. The molecule has 1 aliphatic carbocycles. The molecule has 1 saturated carbocycles. The SMILES string of the molecule is Cc1c(F)cccc1NC(=O)c1ccc(C2(F)CC2c2ccc(Br)c(Br)c2)cc1. The molecule has 3 aromatic rings. The van der Waals surface area contributed by atoms with Crippen LogP contribution in [-0.4, -0.2) is 5.91 Å². The normalized spacial score (nSPS) is 20.4. The van der Waals surface area contributed by atoms with Gasteiger partial charge in [0.15, 0.2) is 0 Å². The number of alkyl halides is 1. The van der Waals surface area contributed by atoms with Crippen molar-refractivity contribution in [3.05, 3.63) is 97.7 Å². The second-order valence-electron chi connectivity index (χ2n) is 7.24. The van der Waals surface area contributed by atoms with Crippen LogP contribution in [0.15, 0.2) is 69.6 Å². The van der Waals surface area contributed by atoms with Gasteiger partial charge in [-0.15, -0.1) is 0 Å². The Hall–Kier alpha value is -2.05. The number of nitrogens with one attached hydrogen (secondary N) is 1. The highest BCUT2D eigenvalue weighted by Crippen LogP contribution is 2.62. The minimum atomic E-state index is -1.43. The Morgan fingerprint density at radius 3 is 2.48 bits per heavy atom. The number of hydrogen-bond donors (Lipinski definition) is 1. The van der Waals surface area contributed by atoms with Crippen LogP contribution < -0.4 is 5.32 Å². The standard InChI is InChI=1S/C23H17Br2F2NO/c1-13-20(26)3-2-4-21(13)28-22(29)14-5-8-16(9-6-14)23(27)12-17(23)15-7-10-18(24)19(25)11-15/h2-11,17H,12H2,1H3,(H,28,29). The second-order valence-corrected chi connectivity index (χ2v) is 8.95. The van der Waals surface area contributed by atoms with Gasteiger partial charge in [-0.1, -0.05) is 24.3 Å². The van der Waals surface area contributed by atoms with Crippen molar-refractivity contribution in [2.24, 2.45) is 0 Å². The van der Waals surface area contributed by atoms with E-state index in [-0.39, 0.29) is 17.6 Å². The van der Waals surface area contributed by atoms with Crippen LogP contribution in [0.5, 0.6) is 0 Å². The Labute approximate surface area is 184 Å². The third-order valence-electron chi connectivity index (χ3n) is 5.38. The van der Waals surface area contributed by atoms with Crippen molar-refractivity contribution in [1.82, 2.24) is 0 Å². The van der Waals surface area contributed by atoms with Gasteiger partial charge in [-0.25, -0.2) is 8.78 Å². The Morgan fingerprint density at radius 2 is 1.79 bits per heavy atom. The van der Waals surface area contributed by atoms with Crippen LogP contribution in [-0.2, 0) is 5.67 Å². The molecule has 0 spiro atoms. The van der Waals surface area contributed by atoms with E-state index in [0.29, 0.717) is 28.8 Å². The van der Waals surface area contributed by atoms with Gasteiger partial charge in [-0.2, -0.15) is 0 Å². The van der Waals surface area contributed by atoms with Gasteiger partial charge < -0.3 is 5.32 Å². The van der Waals surface area contributed by atoms with Gasteiger partial charge in [0.2, 0.25) is 0 Å². The molecule has 0 bridgehead atoms. The Balaban J connectivity index is 1.50. The summed E-state index contributed by atoms with van der Waals surface area (Å²) in [6, 6.07) is 16.8. The zero-order valence-electron chi connectivity index (χ0n) is 15.5. The molecule has 1 amide bonds. The van der Waals surface area contributed by atoms with Crippen LogP contribution in [0, 0.1) is 12.7 Å². The van der Waals surface area contributed by atoms with Gasteiger partial charge in [0, 0.05) is 31.7 Å². The van der Waals surface area contributed by atoms with Crippen LogP contribution in [0.1, 0.15) is 39.4 Å². The molecule has 1 aliphatic rings. The maximum absolute atomic E-state index is 15.4. The molecule has 6 heteroatoms. The number of carbonyl (C=O) groups is 1. The molecule has 2 nitrogen and oxygen atoms in total. The van der Waals surface area contributed by atoms with E-state index in [4.69, 9.17) is 0 Å². The molecular weight excluding hydrogens is 504 g/mol. The fourth-order valence-corrected chi connectivity index (χ4v) is 4.15. The highest BCUT2D eigenvalue weighted by Gasteiger charge is 2.57. The lowest BCUT2D eigenvalue weighted by Crippen LogP contribution is -2.13. The number of rotatable bonds is 4. The Morgan fingerprint density at radius 1 is 1.07 bits per heavy atom. The molecule has 0 aliphatic heterocycles. The summed E-state index contributed by atoms with van der Waals surface area (Å²) >= 11 is 6.89. The second kappa shape index (κ2) is 7.65. The van der Waals surface area contributed by atoms with Crippen molar-refractivity contribution >= 4 is 43.5 Å². The fraction of sp³-hybridized carbons (Fsp3) is 0.174. The lowest BCUT2D eigenvalue weighted by atomic mass is 10.0. The lowest BCUT2D eigenvalue weighted by Gasteiger charge is -2.12. The first-order valence-electron chi connectivity index (χ1n) is 9.10. The maximum Gasteiger partial charge on any atom is 0.255 e. The van der Waals surface area contributed by atoms with E-state index in [1.807, 2.05) is 18.2 Å². The van der Waals surface area contributed by atoms with Gasteiger partial charge in [0.05, 0.1) is 0 Å². The number of benzene rings is 3. The van der Waals surface area contributed by atoms with E-state index in [2.05, 4.69) is 37.2 Å². The zero-order valence-corrected chi connectivity index (χ0v) is 18.7. The van der Waals surface area contributed by atoms with E-state index >= 15 is 4.39 Å². The Bertz CT molecular complexity index is 1100. The number of halogens is 4. The molecule has 1 N–H and O–H groups in total. The first kappa shape index (κ1) is 20.2. The first-order chi connectivity index (χ1) is 13.8. The average Bonchev–Trinajstić information content (AvgIpc) is 3.40. The molecule has 0 heterocycles. The van der Waals surface area contributed by atoms with Crippen LogP contribution in [0.4, 0.5) is 14.5 Å². The summed E-state index contributed by atoms with van der Waals surface area (Å²) in [4.78, 5) is 12.5. The summed E-state index contributed by atoms with van der Waals surface area (Å²) in [5.41, 5.74) is 1.25. The van der Waals surface area contributed by atoms with Gasteiger partial charge >= 0.3 is 0 Å². The van der Waals surface area contributed by atoms with Crippen LogP contribution in [0.3, 0.4) is 0 Å². The molecule has 2 unspecified atom stereocenters. The van der Waals surface area contributed by atoms with Crippen molar-refractivity contribution < 1.29 is 13.6 Å². The predicted molar refractivity (Wildman–Crippen MR) is 118 cm³/mol. The van der Waals surface area contributed by atoms with Gasteiger partial charge in [-0.3, -0.25) is 4.79 Å². The van der Waals surface area contributed by atoms with Crippen molar-refractivity contribution in [3.63, 3.8) is 0 Å². The van der Waals surface area contributed by atoms with E-state index in [1.54, 1.807) is 43.3 Å². The van der Waals surface area contributed by atoms with E-state index in [1.165, 1.54) is 6.07 Å². The van der Waals surface area contributed by atoms with Crippen LogP contribution in [0.2, 0.25) is 0 Å². The minimum absolute atomic E-state index is 0.207. The minimum Gasteiger partial charge on any atom is -0.322 e. The average molecular weight is 521 g/mol. The van der Waals surface area contributed by atoms with Crippen molar-refractivity contribution in [2.45, 2.75) is 24.9 Å².